The van der Waals surface area contributed by atoms with Gasteiger partial charge in [-0.25, -0.2) is 13.6 Å². The van der Waals surface area contributed by atoms with Crippen LogP contribution in [0, 0.1) is 0 Å². The van der Waals surface area contributed by atoms with E-state index in [0.29, 0.717) is 5.69 Å². The van der Waals surface area contributed by atoms with E-state index in [2.05, 4.69) is 16.1 Å². The molecule has 0 atom stereocenters. The molecular formula is C23H19BrN2O2. The third-order valence-electron chi connectivity index (χ3n) is 5.16. The largest absolute Gasteiger partial charge is 0.343 e. The van der Waals surface area contributed by atoms with Crippen molar-refractivity contribution in [1.82, 2.24) is 3.93 Å². The number of rotatable bonds is 4. The van der Waals surface area contributed by atoms with Crippen LogP contribution < -0.4 is 4.90 Å². The fourth-order valence-corrected chi connectivity index (χ4v) is 4.52. The van der Waals surface area contributed by atoms with Crippen molar-refractivity contribution < 1.29 is 9.59 Å². The number of urea groups is 1. The SMILES string of the molecule is CCc1ccccc1N1C(=O)N(Br)C(c2ccccc2)(c2ccccc2)C1=O. The van der Waals surface area contributed by atoms with Gasteiger partial charge in [0, 0.05) is 0 Å². The maximum absolute atomic E-state index is 14.0. The summed E-state index contributed by atoms with van der Waals surface area (Å²) in [4.78, 5) is 28.6. The van der Waals surface area contributed by atoms with Gasteiger partial charge in [0.15, 0.2) is 5.54 Å². The molecule has 140 valence electrons. The number of hydrogen-bond donors (Lipinski definition) is 0. The van der Waals surface area contributed by atoms with E-state index in [1.165, 1.54) is 8.83 Å². The molecule has 4 nitrogen and oxygen atoms in total. The molecule has 28 heavy (non-hydrogen) atoms. The lowest BCUT2D eigenvalue weighted by atomic mass is 9.82. The first kappa shape index (κ1) is 18.4. The highest BCUT2D eigenvalue weighted by Crippen LogP contribution is 2.46. The van der Waals surface area contributed by atoms with Gasteiger partial charge in [-0.2, -0.15) is 0 Å². The van der Waals surface area contributed by atoms with E-state index in [-0.39, 0.29) is 5.91 Å². The summed E-state index contributed by atoms with van der Waals surface area (Å²) in [7, 11) is 0. The van der Waals surface area contributed by atoms with Crippen molar-refractivity contribution in [3.8, 4) is 0 Å². The van der Waals surface area contributed by atoms with Crippen LogP contribution in [-0.4, -0.2) is 15.9 Å². The summed E-state index contributed by atoms with van der Waals surface area (Å²) in [6.07, 6.45) is 0.721. The van der Waals surface area contributed by atoms with Crippen LogP contribution in [-0.2, 0) is 16.8 Å². The molecule has 1 aliphatic heterocycles. The lowest BCUT2D eigenvalue weighted by Crippen LogP contribution is -2.43. The summed E-state index contributed by atoms with van der Waals surface area (Å²) in [5.41, 5.74) is 1.75. The second-order valence-corrected chi connectivity index (χ2v) is 7.34. The Morgan fingerprint density at radius 1 is 0.786 bits per heavy atom. The van der Waals surface area contributed by atoms with Crippen molar-refractivity contribution in [2.45, 2.75) is 18.9 Å². The number of halogens is 1. The van der Waals surface area contributed by atoms with Gasteiger partial charge in [0.05, 0.1) is 21.8 Å². The summed E-state index contributed by atoms with van der Waals surface area (Å²) in [6, 6.07) is 25.9. The van der Waals surface area contributed by atoms with Gasteiger partial charge in [-0.05, 0) is 29.2 Å². The lowest BCUT2D eigenvalue weighted by Gasteiger charge is -2.32. The minimum atomic E-state index is -1.28. The van der Waals surface area contributed by atoms with E-state index in [1.54, 1.807) is 0 Å². The minimum absolute atomic E-state index is 0.298. The molecule has 0 unspecified atom stereocenters. The van der Waals surface area contributed by atoms with Crippen LogP contribution in [0.4, 0.5) is 10.5 Å². The maximum Gasteiger partial charge on any atom is 0.343 e. The number of nitrogens with zero attached hydrogens (tertiary/aromatic N) is 2. The molecule has 0 radical (unpaired) electrons. The van der Waals surface area contributed by atoms with E-state index < -0.39 is 11.6 Å². The fraction of sp³-hybridized carbons (Fsp3) is 0.130. The highest BCUT2D eigenvalue weighted by molar-refractivity contribution is 9.07. The highest BCUT2D eigenvalue weighted by Gasteiger charge is 2.59. The molecule has 0 spiro atoms. The van der Waals surface area contributed by atoms with Crippen molar-refractivity contribution in [2.24, 2.45) is 0 Å². The van der Waals surface area contributed by atoms with Crippen LogP contribution in [0.25, 0.3) is 0 Å². The van der Waals surface area contributed by atoms with Crippen molar-refractivity contribution in [1.29, 1.82) is 0 Å². The first-order valence-corrected chi connectivity index (χ1v) is 9.86. The fourth-order valence-electron chi connectivity index (χ4n) is 3.80. The number of amides is 3. The first-order chi connectivity index (χ1) is 13.6. The smallest absolute Gasteiger partial charge is 0.270 e. The third kappa shape index (κ3) is 2.58. The average Bonchev–Trinajstić information content (AvgIpc) is 2.95. The van der Waals surface area contributed by atoms with E-state index >= 15 is 0 Å². The Hall–Kier alpha value is -2.92. The molecule has 1 heterocycles. The molecule has 5 heteroatoms. The van der Waals surface area contributed by atoms with E-state index in [0.717, 1.165) is 23.1 Å². The Bertz CT molecular complexity index is 982. The van der Waals surface area contributed by atoms with Crippen LogP contribution in [0.5, 0.6) is 0 Å². The molecule has 0 bridgehead atoms. The van der Waals surface area contributed by atoms with Gasteiger partial charge in [0.2, 0.25) is 0 Å². The second-order valence-electron chi connectivity index (χ2n) is 6.63. The Labute approximate surface area is 172 Å². The molecule has 4 rings (SSSR count). The quantitative estimate of drug-likeness (QED) is 0.414. The molecule has 1 fully saturated rings. The van der Waals surface area contributed by atoms with Gasteiger partial charge in [0.1, 0.15) is 0 Å². The monoisotopic (exact) mass is 434 g/mol. The molecule has 3 amide bonds. The number of para-hydroxylation sites is 1. The molecule has 0 aromatic heterocycles. The topological polar surface area (TPSA) is 40.6 Å². The van der Waals surface area contributed by atoms with E-state index in [1.807, 2.05) is 91.9 Å². The van der Waals surface area contributed by atoms with Gasteiger partial charge >= 0.3 is 6.03 Å². The zero-order valence-corrected chi connectivity index (χ0v) is 17.0. The van der Waals surface area contributed by atoms with Gasteiger partial charge in [-0.1, -0.05) is 85.8 Å². The molecule has 0 N–H and O–H groups in total. The van der Waals surface area contributed by atoms with Crippen LogP contribution in [0.15, 0.2) is 84.9 Å². The van der Waals surface area contributed by atoms with E-state index in [4.69, 9.17) is 0 Å². The zero-order valence-electron chi connectivity index (χ0n) is 15.4. The maximum atomic E-state index is 14.0. The van der Waals surface area contributed by atoms with Crippen LogP contribution in [0.3, 0.4) is 0 Å². The second kappa shape index (κ2) is 7.24. The van der Waals surface area contributed by atoms with Crippen molar-refractivity contribution in [3.63, 3.8) is 0 Å². The normalized spacial score (nSPS) is 15.9. The van der Waals surface area contributed by atoms with Crippen molar-refractivity contribution in [3.05, 3.63) is 102 Å². The molecule has 1 saturated heterocycles. The number of hydrogen-bond acceptors (Lipinski definition) is 2. The van der Waals surface area contributed by atoms with Crippen LogP contribution in [0.2, 0.25) is 0 Å². The molecule has 0 aliphatic carbocycles. The number of benzene rings is 3. The first-order valence-electron chi connectivity index (χ1n) is 9.15. The highest BCUT2D eigenvalue weighted by atomic mass is 79.9. The van der Waals surface area contributed by atoms with E-state index in [9.17, 15) is 9.59 Å². The molecule has 3 aromatic carbocycles. The Balaban J connectivity index is 1.98. The van der Waals surface area contributed by atoms with Gasteiger partial charge in [-0.3, -0.25) is 4.79 Å². The Morgan fingerprint density at radius 2 is 1.29 bits per heavy atom. The third-order valence-corrected chi connectivity index (χ3v) is 6.00. The standard InChI is InChI=1S/C23H19BrN2O2/c1-2-17-11-9-10-16-20(17)25-21(27)23(26(24)22(25)28,18-12-5-3-6-13-18)19-14-7-4-8-15-19/h3-16H,2H2,1H3. The van der Waals surface area contributed by atoms with Gasteiger partial charge in [-0.15, -0.1) is 0 Å². The number of imide groups is 1. The average molecular weight is 435 g/mol. The summed E-state index contributed by atoms with van der Waals surface area (Å²) in [5.74, 6) is -0.298. The summed E-state index contributed by atoms with van der Waals surface area (Å²) in [6.45, 7) is 2.01. The van der Waals surface area contributed by atoms with Crippen molar-refractivity contribution >= 4 is 33.8 Å². The summed E-state index contributed by atoms with van der Waals surface area (Å²) in [5, 5.41) is 0. The molecule has 3 aromatic rings. The summed E-state index contributed by atoms with van der Waals surface area (Å²) < 4.78 is 1.37. The van der Waals surface area contributed by atoms with Crippen LogP contribution in [0.1, 0.15) is 23.6 Å². The minimum Gasteiger partial charge on any atom is -0.270 e. The van der Waals surface area contributed by atoms with Gasteiger partial charge in [0.25, 0.3) is 5.91 Å². The molecule has 1 aliphatic rings. The Kier molecular flexibility index (Phi) is 4.77. The van der Waals surface area contributed by atoms with Gasteiger partial charge < -0.3 is 0 Å². The molecular weight excluding hydrogens is 416 g/mol. The Morgan fingerprint density at radius 3 is 1.82 bits per heavy atom. The predicted molar refractivity (Wildman–Crippen MR) is 113 cm³/mol. The van der Waals surface area contributed by atoms with Crippen molar-refractivity contribution in [2.75, 3.05) is 4.90 Å². The number of aryl methyl sites for hydroxylation is 1. The zero-order chi connectivity index (χ0) is 19.7. The number of anilines is 1. The molecule has 0 saturated carbocycles. The predicted octanol–water partition coefficient (Wildman–Crippen LogP) is 5.27. The number of carbonyl (C=O) groups is 2. The number of carbonyl (C=O) groups excluding carboxylic acids is 2. The lowest BCUT2D eigenvalue weighted by molar-refractivity contribution is -0.122. The summed E-state index contributed by atoms with van der Waals surface area (Å²) >= 11 is 3.45. The van der Waals surface area contributed by atoms with Crippen LogP contribution >= 0.6 is 16.1 Å².